The van der Waals surface area contributed by atoms with Crippen molar-refractivity contribution in [2.75, 3.05) is 7.11 Å². The number of nitrogens with zero attached hydrogens (tertiary/aromatic N) is 1. The Labute approximate surface area is 196 Å². The summed E-state index contributed by atoms with van der Waals surface area (Å²) >= 11 is 0. The zero-order chi connectivity index (χ0) is 23.5. The van der Waals surface area contributed by atoms with Crippen molar-refractivity contribution in [3.05, 3.63) is 102 Å². The Balaban J connectivity index is 1.87. The van der Waals surface area contributed by atoms with Crippen LogP contribution >= 0.6 is 0 Å². The average molecular weight is 445 g/mol. The lowest BCUT2D eigenvalue weighted by Gasteiger charge is -2.31. The highest BCUT2D eigenvalue weighted by Gasteiger charge is 2.30. The molecule has 0 fully saturated rings. The molecule has 3 aromatic carbocycles. The molecule has 172 valence electrons. The molecule has 3 rings (SSSR count). The maximum absolute atomic E-state index is 13.5. The summed E-state index contributed by atoms with van der Waals surface area (Å²) in [6.07, 6.45) is 1.57. The quantitative estimate of drug-likeness (QED) is 0.464. The number of carbonyl (C=O) groups is 2. The topological polar surface area (TPSA) is 58.6 Å². The number of carbonyl (C=O) groups excluding carboxylic acids is 2. The number of ether oxygens (including phenoxy) is 1. The Kier molecular flexibility index (Phi) is 9.07. The molecule has 0 bridgehead atoms. The van der Waals surface area contributed by atoms with Gasteiger partial charge in [0.25, 0.3) is 0 Å². The molecule has 0 spiro atoms. The van der Waals surface area contributed by atoms with Gasteiger partial charge >= 0.3 is 0 Å². The fourth-order valence-electron chi connectivity index (χ4n) is 3.84. The first-order valence-corrected chi connectivity index (χ1v) is 11.4. The van der Waals surface area contributed by atoms with Crippen molar-refractivity contribution in [2.45, 2.75) is 45.3 Å². The van der Waals surface area contributed by atoms with Crippen molar-refractivity contribution in [2.24, 2.45) is 0 Å². The maximum Gasteiger partial charge on any atom is 0.243 e. The molecule has 5 heteroatoms. The predicted molar refractivity (Wildman–Crippen MR) is 131 cm³/mol. The van der Waals surface area contributed by atoms with Gasteiger partial charge in [-0.3, -0.25) is 9.59 Å². The van der Waals surface area contributed by atoms with Gasteiger partial charge in [0.05, 0.1) is 7.11 Å². The Morgan fingerprint density at radius 2 is 1.48 bits per heavy atom. The monoisotopic (exact) mass is 444 g/mol. The minimum absolute atomic E-state index is 0.0188. The molecule has 1 atom stereocenters. The second kappa shape index (κ2) is 12.4. The van der Waals surface area contributed by atoms with Gasteiger partial charge in [-0.1, -0.05) is 85.8 Å². The van der Waals surface area contributed by atoms with Gasteiger partial charge in [0.15, 0.2) is 0 Å². The molecule has 1 N–H and O–H groups in total. The summed E-state index contributed by atoms with van der Waals surface area (Å²) in [7, 11) is 1.61. The third-order valence-corrected chi connectivity index (χ3v) is 5.58. The van der Waals surface area contributed by atoms with Crippen molar-refractivity contribution >= 4 is 11.8 Å². The summed E-state index contributed by atoms with van der Waals surface area (Å²) in [6, 6.07) is 26.6. The van der Waals surface area contributed by atoms with Crippen LogP contribution < -0.4 is 10.1 Å². The summed E-state index contributed by atoms with van der Waals surface area (Å²) in [4.78, 5) is 28.4. The van der Waals surface area contributed by atoms with E-state index in [9.17, 15) is 9.59 Å². The molecular formula is C28H32N2O3. The van der Waals surface area contributed by atoms with E-state index in [4.69, 9.17) is 4.74 Å². The van der Waals surface area contributed by atoms with Gasteiger partial charge in [0, 0.05) is 31.5 Å². The summed E-state index contributed by atoms with van der Waals surface area (Å²) in [5.74, 6) is 0.528. The van der Waals surface area contributed by atoms with Crippen molar-refractivity contribution in [1.29, 1.82) is 0 Å². The molecular weight excluding hydrogens is 412 g/mol. The van der Waals surface area contributed by atoms with Crippen LogP contribution in [0.2, 0.25) is 0 Å². The normalized spacial score (nSPS) is 11.5. The molecule has 2 amide bonds. The summed E-state index contributed by atoms with van der Waals surface area (Å²) in [6.45, 7) is 2.70. The minimum Gasteiger partial charge on any atom is -0.496 e. The summed E-state index contributed by atoms with van der Waals surface area (Å²) < 4.78 is 5.41. The highest BCUT2D eigenvalue weighted by atomic mass is 16.5. The Hall–Kier alpha value is -3.60. The molecule has 0 aromatic heterocycles. The van der Waals surface area contributed by atoms with Gasteiger partial charge < -0.3 is 15.0 Å². The van der Waals surface area contributed by atoms with Crippen LogP contribution in [0.25, 0.3) is 0 Å². The molecule has 0 aliphatic heterocycles. The second-order valence-electron chi connectivity index (χ2n) is 7.99. The lowest BCUT2D eigenvalue weighted by atomic mass is 10.0. The maximum atomic E-state index is 13.5. The first-order chi connectivity index (χ1) is 16.1. The van der Waals surface area contributed by atoms with Gasteiger partial charge in [-0.25, -0.2) is 0 Å². The van der Waals surface area contributed by atoms with E-state index in [0.717, 1.165) is 28.9 Å². The number of benzene rings is 3. The lowest BCUT2D eigenvalue weighted by molar-refractivity contribution is -0.141. The van der Waals surface area contributed by atoms with Crippen LogP contribution in [0.3, 0.4) is 0 Å². The van der Waals surface area contributed by atoms with E-state index < -0.39 is 6.04 Å². The van der Waals surface area contributed by atoms with E-state index in [-0.39, 0.29) is 11.8 Å². The second-order valence-corrected chi connectivity index (χ2v) is 7.99. The number of rotatable bonds is 11. The molecule has 0 aliphatic carbocycles. The average Bonchev–Trinajstić information content (AvgIpc) is 2.86. The molecule has 0 saturated carbocycles. The van der Waals surface area contributed by atoms with Gasteiger partial charge in [-0.2, -0.15) is 0 Å². The SMILES string of the molecule is CCCC(=O)N(Cc1ccccc1)C(Cc1ccccc1)C(=O)NCc1ccccc1OC. The van der Waals surface area contributed by atoms with E-state index in [1.54, 1.807) is 12.0 Å². The van der Waals surface area contributed by atoms with Crippen molar-refractivity contribution in [3.63, 3.8) is 0 Å². The Morgan fingerprint density at radius 1 is 0.879 bits per heavy atom. The lowest BCUT2D eigenvalue weighted by Crippen LogP contribution is -2.50. The standard InChI is InChI=1S/C28H32N2O3/c1-3-12-27(31)30(21-23-15-8-5-9-16-23)25(19-22-13-6-4-7-14-22)28(32)29-20-24-17-10-11-18-26(24)33-2/h4-11,13-18,25H,3,12,19-21H2,1-2H3,(H,29,32). The van der Waals surface area contributed by atoms with E-state index in [1.165, 1.54) is 0 Å². The molecule has 1 unspecified atom stereocenters. The molecule has 0 aliphatic rings. The first-order valence-electron chi connectivity index (χ1n) is 11.4. The molecule has 5 nitrogen and oxygen atoms in total. The summed E-state index contributed by atoms with van der Waals surface area (Å²) in [5.41, 5.74) is 2.90. The molecule has 33 heavy (non-hydrogen) atoms. The van der Waals surface area contributed by atoms with Gasteiger partial charge in [0.1, 0.15) is 11.8 Å². The molecule has 0 saturated heterocycles. The van der Waals surface area contributed by atoms with E-state index in [1.807, 2.05) is 91.9 Å². The van der Waals surface area contributed by atoms with Crippen LogP contribution in [0.1, 0.15) is 36.5 Å². The molecule has 0 heterocycles. The smallest absolute Gasteiger partial charge is 0.243 e. The number of amides is 2. The van der Waals surface area contributed by atoms with Crippen LogP contribution in [0.4, 0.5) is 0 Å². The predicted octanol–water partition coefficient (Wildman–Crippen LogP) is 4.75. The van der Waals surface area contributed by atoms with Crippen LogP contribution in [0, 0.1) is 0 Å². The van der Waals surface area contributed by atoms with Crippen LogP contribution in [-0.2, 0) is 29.1 Å². The summed E-state index contributed by atoms with van der Waals surface area (Å²) in [5, 5.41) is 3.04. The van der Waals surface area contributed by atoms with Gasteiger partial charge in [-0.15, -0.1) is 0 Å². The zero-order valence-electron chi connectivity index (χ0n) is 19.4. The van der Waals surface area contributed by atoms with Crippen LogP contribution in [0.15, 0.2) is 84.9 Å². The number of methoxy groups -OCH3 is 1. The van der Waals surface area contributed by atoms with Crippen molar-refractivity contribution < 1.29 is 14.3 Å². The fourth-order valence-corrected chi connectivity index (χ4v) is 3.84. The van der Waals surface area contributed by atoms with Crippen LogP contribution in [0.5, 0.6) is 5.75 Å². The van der Waals surface area contributed by atoms with E-state index >= 15 is 0 Å². The number of nitrogens with one attached hydrogen (secondary N) is 1. The van der Waals surface area contributed by atoms with Crippen LogP contribution in [-0.4, -0.2) is 29.9 Å². The Morgan fingerprint density at radius 3 is 2.12 bits per heavy atom. The number of hydrogen-bond acceptors (Lipinski definition) is 3. The zero-order valence-corrected chi connectivity index (χ0v) is 19.4. The highest BCUT2D eigenvalue weighted by Crippen LogP contribution is 2.19. The van der Waals surface area contributed by atoms with Crippen molar-refractivity contribution in [1.82, 2.24) is 10.2 Å². The molecule has 3 aromatic rings. The van der Waals surface area contributed by atoms with Gasteiger partial charge in [0.2, 0.25) is 11.8 Å². The largest absolute Gasteiger partial charge is 0.496 e. The Bertz CT molecular complexity index is 1020. The van der Waals surface area contributed by atoms with E-state index in [0.29, 0.717) is 25.9 Å². The first kappa shape index (κ1) is 24.1. The van der Waals surface area contributed by atoms with E-state index in [2.05, 4.69) is 5.32 Å². The molecule has 0 radical (unpaired) electrons. The third kappa shape index (κ3) is 6.94. The number of para-hydroxylation sites is 1. The fraction of sp³-hybridized carbons (Fsp3) is 0.286. The third-order valence-electron chi connectivity index (χ3n) is 5.58. The van der Waals surface area contributed by atoms with Gasteiger partial charge in [-0.05, 0) is 23.6 Å². The number of hydrogen-bond donors (Lipinski definition) is 1. The minimum atomic E-state index is -0.624. The van der Waals surface area contributed by atoms with Crippen molar-refractivity contribution in [3.8, 4) is 5.75 Å². The highest BCUT2D eigenvalue weighted by molar-refractivity contribution is 5.88.